The van der Waals surface area contributed by atoms with E-state index in [4.69, 9.17) is 9.47 Å². The van der Waals surface area contributed by atoms with Gasteiger partial charge in [-0.2, -0.15) is 0 Å². The van der Waals surface area contributed by atoms with E-state index in [9.17, 15) is 14.0 Å². The molecule has 0 saturated carbocycles. The van der Waals surface area contributed by atoms with Crippen molar-refractivity contribution in [3.63, 3.8) is 0 Å². The van der Waals surface area contributed by atoms with Gasteiger partial charge in [0.25, 0.3) is 0 Å². The SMILES string of the molecule is CCOC(=O)C1=C(C)NC2=C(C(=O)c3ccccc32)[C@H]1c1cc(Br)ccc1OCc1cccc(F)c1. The van der Waals surface area contributed by atoms with Gasteiger partial charge in [0.15, 0.2) is 5.78 Å². The normalized spacial score (nSPS) is 16.4. The lowest BCUT2D eigenvalue weighted by atomic mass is 9.79. The first kappa shape index (κ1) is 24.0. The van der Waals surface area contributed by atoms with Gasteiger partial charge < -0.3 is 14.8 Å². The number of nitrogens with one attached hydrogen (secondary N) is 1. The largest absolute Gasteiger partial charge is 0.489 e. The minimum Gasteiger partial charge on any atom is -0.489 e. The van der Waals surface area contributed by atoms with E-state index in [1.807, 2.05) is 30.3 Å². The minimum atomic E-state index is -0.722. The lowest BCUT2D eigenvalue weighted by Gasteiger charge is -2.30. The van der Waals surface area contributed by atoms with Gasteiger partial charge in [0.2, 0.25) is 0 Å². The van der Waals surface area contributed by atoms with Crippen LogP contribution >= 0.6 is 15.9 Å². The molecule has 0 fully saturated rings. The van der Waals surface area contributed by atoms with Crippen molar-refractivity contribution in [2.24, 2.45) is 0 Å². The molecule has 182 valence electrons. The summed E-state index contributed by atoms with van der Waals surface area (Å²) in [6, 6.07) is 19.0. The number of halogens is 2. The van der Waals surface area contributed by atoms with Crippen LogP contribution in [0.1, 0.15) is 46.8 Å². The van der Waals surface area contributed by atoms with E-state index < -0.39 is 11.9 Å². The molecule has 0 bridgehead atoms. The average molecular weight is 548 g/mol. The summed E-state index contributed by atoms with van der Waals surface area (Å²) in [4.78, 5) is 26.9. The first-order chi connectivity index (χ1) is 17.4. The van der Waals surface area contributed by atoms with Crippen LogP contribution in [0.4, 0.5) is 4.39 Å². The van der Waals surface area contributed by atoms with Crippen LogP contribution in [0.15, 0.2) is 88.0 Å². The van der Waals surface area contributed by atoms with Crippen LogP contribution in [0.3, 0.4) is 0 Å². The molecular weight excluding hydrogens is 525 g/mol. The van der Waals surface area contributed by atoms with Crippen molar-refractivity contribution in [1.82, 2.24) is 5.32 Å². The van der Waals surface area contributed by atoms with Crippen LogP contribution in [-0.4, -0.2) is 18.4 Å². The fraction of sp³-hybridized carbons (Fsp3) is 0.172. The molecule has 0 unspecified atom stereocenters. The number of allylic oxidation sites excluding steroid dienone is 2. The Balaban J connectivity index is 1.65. The van der Waals surface area contributed by atoms with Gasteiger partial charge in [0.1, 0.15) is 18.2 Å². The number of dihydropyridines is 1. The highest BCUT2D eigenvalue weighted by Gasteiger charge is 2.44. The molecule has 3 aromatic carbocycles. The minimum absolute atomic E-state index is 0.120. The third kappa shape index (κ3) is 4.24. The number of carbonyl (C=O) groups is 2. The molecule has 1 N–H and O–H groups in total. The second-order valence-electron chi connectivity index (χ2n) is 8.58. The van der Waals surface area contributed by atoms with Gasteiger partial charge in [-0.15, -0.1) is 0 Å². The molecule has 1 aliphatic heterocycles. The molecule has 5 nitrogen and oxygen atoms in total. The highest BCUT2D eigenvalue weighted by Crippen LogP contribution is 2.49. The summed E-state index contributed by atoms with van der Waals surface area (Å²) in [6.45, 7) is 3.87. The van der Waals surface area contributed by atoms with E-state index in [0.29, 0.717) is 45.0 Å². The van der Waals surface area contributed by atoms with Gasteiger partial charge in [-0.3, -0.25) is 4.79 Å². The van der Waals surface area contributed by atoms with Crippen molar-refractivity contribution in [3.8, 4) is 5.75 Å². The maximum Gasteiger partial charge on any atom is 0.336 e. The Labute approximate surface area is 216 Å². The zero-order chi connectivity index (χ0) is 25.4. The third-order valence-corrected chi connectivity index (χ3v) is 6.80. The van der Waals surface area contributed by atoms with Crippen molar-refractivity contribution in [2.45, 2.75) is 26.4 Å². The van der Waals surface area contributed by atoms with Crippen LogP contribution in [-0.2, 0) is 16.1 Å². The number of carbonyl (C=O) groups excluding carboxylic acids is 2. The summed E-state index contributed by atoms with van der Waals surface area (Å²) in [5.41, 5.74) is 4.79. The number of ether oxygens (including phenoxy) is 2. The Morgan fingerprint density at radius 1 is 1.06 bits per heavy atom. The van der Waals surface area contributed by atoms with Gasteiger partial charge in [-0.25, -0.2) is 9.18 Å². The Kier molecular flexibility index (Phi) is 6.49. The number of hydrogen-bond acceptors (Lipinski definition) is 5. The zero-order valence-electron chi connectivity index (χ0n) is 19.7. The highest BCUT2D eigenvalue weighted by atomic mass is 79.9. The molecule has 7 heteroatoms. The van der Waals surface area contributed by atoms with Crippen LogP contribution in [0.5, 0.6) is 5.75 Å². The Morgan fingerprint density at radius 3 is 2.58 bits per heavy atom. The highest BCUT2D eigenvalue weighted by molar-refractivity contribution is 9.10. The second kappa shape index (κ2) is 9.74. The molecule has 36 heavy (non-hydrogen) atoms. The molecule has 0 saturated heterocycles. The van der Waals surface area contributed by atoms with Crippen molar-refractivity contribution >= 4 is 33.4 Å². The Hall–Kier alpha value is -3.71. The summed E-state index contributed by atoms with van der Waals surface area (Å²) in [7, 11) is 0. The second-order valence-corrected chi connectivity index (χ2v) is 9.50. The summed E-state index contributed by atoms with van der Waals surface area (Å²) in [6.07, 6.45) is 0. The van der Waals surface area contributed by atoms with Crippen molar-refractivity contribution in [3.05, 3.63) is 116 Å². The number of benzene rings is 3. The molecule has 0 spiro atoms. The third-order valence-electron chi connectivity index (χ3n) is 6.31. The Morgan fingerprint density at radius 2 is 1.83 bits per heavy atom. The van der Waals surface area contributed by atoms with Gasteiger partial charge in [0.05, 0.1) is 23.8 Å². The Bertz CT molecular complexity index is 1460. The van der Waals surface area contributed by atoms with Gasteiger partial charge >= 0.3 is 5.97 Å². The predicted octanol–water partition coefficient (Wildman–Crippen LogP) is 6.30. The van der Waals surface area contributed by atoms with Gasteiger partial charge in [-0.1, -0.05) is 52.3 Å². The van der Waals surface area contributed by atoms with E-state index in [0.717, 1.165) is 10.0 Å². The van der Waals surface area contributed by atoms with Crippen LogP contribution in [0.25, 0.3) is 5.70 Å². The number of ketones is 1. The first-order valence-corrected chi connectivity index (χ1v) is 12.4. The monoisotopic (exact) mass is 547 g/mol. The summed E-state index contributed by atoms with van der Waals surface area (Å²) >= 11 is 3.53. The lowest BCUT2D eigenvalue weighted by Crippen LogP contribution is -2.29. The van der Waals surface area contributed by atoms with E-state index in [-0.39, 0.29) is 24.8 Å². The number of hydrogen-bond donors (Lipinski definition) is 1. The molecular formula is C29H23BrFNO4. The number of esters is 1. The topological polar surface area (TPSA) is 64.6 Å². The van der Waals surface area contributed by atoms with Crippen molar-refractivity contribution < 1.29 is 23.5 Å². The molecule has 5 rings (SSSR count). The maximum atomic E-state index is 13.7. The first-order valence-electron chi connectivity index (χ1n) is 11.6. The number of Topliss-reactive ketones (excluding diaryl/α,β-unsaturated/α-hetero) is 1. The van der Waals surface area contributed by atoms with Gasteiger partial charge in [0, 0.05) is 32.4 Å². The maximum absolute atomic E-state index is 13.7. The number of rotatable bonds is 6. The molecule has 1 atom stereocenters. The molecule has 0 radical (unpaired) electrons. The molecule has 1 aliphatic carbocycles. The standard InChI is InChI=1S/C29H23BrFNO4/c1-3-35-29(34)24-16(2)32-27-20-9-4-5-10-21(20)28(33)26(27)25(24)22-14-18(30)11-12-23(22)36-15-17-7-6-8-19(31)13-17/h4-14,25,32H,3,15H2,1-2H3/t25-/m0/s1. The molecule has 1 heterocycles. The van der Waals surface area contributed by atoms with Crippen molar-refractivity contribution in [2.75, 3.05) is 6.61 Å². The lowest BCUT2D eigenvalue weighted by molar-refractivity contribution is -0.138. The van der Waals surface area contributed by atoms with Crippen LogP contribution in [0, 0.1) is 5.82 Å². The fourth-order valence-corrected chi connectivity index (χ4v) is 5.16. The smallest absolute Gasteiger partial charge is 0.336 e. The van der Waals surface area contributed by atoms with Crippen LogP contribution < -0.4 is 10.1 Å². The van der Waals surface area contributed by atoms with E-state index >= 15 is 0 Å². The molecule has 2 aliphatic rings. The summed E-state index contributed by atoms with van der Waals surface area (Å²) in [5.74, 6) is -1.24. The summed E-state index contributed by atoms with van der Waals surface area (Å²) in [5, 5.41) is 3.30. The van der Waals surface area contributed by atoms with Crippen molar-refractivity contribution in [1.29, 1.82) is 0 Å². The van der Waals surface area contributed by atoms with E-state index in [1.165, 1.54) is 12.1 Å². The number of fused-ring (bicyclic) bond motifs is 2. The summed E-state index contributed by atoms with van der Waals surface area (Å²) < 4.78 is 26.1. The van der Waals surface area contributed by atoms with E-state index in [2.05, 4.69) is 21.2 Å². The molecule has 0 amide bonds. The zero-order valence-corrected chi connectivity index (χ0v) is 21.3. The quantitative estimate of drug-likeness (QED) is 0.367. The van der Waals surface area contributed by atoms with Gasteiger partial charge in [-0.05, 0) is 49.7 Å². The fourth-order valence-electron chi connectivity index (χ4n) is 4.78. The molecule has 3 aromatic rings. The van der Waals surface area contributed by atoms with E-state index in [1.54, 1.807) is 38.1 Å². The predicted molar refractivity (Wildman–Crippen MR) is 138 cm³/mol. The molecule has 0 aromatic heterocycles. The average Bonchev–Trinajstić information content (AvgIpc) is 3.14. The van der Waals surface area contributed by atoms with Crippen LogP contribution in [0.2, 0.25) is 0 Å².